The number of carbonyl (C=O) groups is 1. The lowest BCUT2D eigenvalue weighted by Crippen LogP contribution is -1.84. The minimum Gasteiger partial charge on any atom is -0.478 e. The van der Waals surface area contributed by atoms with E-state index in [9.17, 15) is 4.79 Å². The molecule has 0 heterocycles. The van der Waals surface area contributed by atoms with Gasteiger partial charge in [0, 0.05) is 6.08 Å². The fourth-order valence-electron chi connectivity index (χ4n) is 1.79. The maximum atomic E-state index is 10.2. The van der Waals surface area contributed by atoms with Crippen LogP contribution in [-0.4, -0.2) is 11.1 Å². The summed E-state index contributed by atoms with van der Waals surface area (Å²) in [5.74, 6) is -0.923. The van der Waals surface area contributed by atoms with Crippen LogP contribution < -0.4 is 0 Å². The van der Waals surface area contributed by atoms with Gasteiger partial charge in [0.2, 0.25) is 0 Å². The third-order valence-corrected chi connectivity index (χ3v) is 2.90. The number of allylic oxidation sites excluding steroid dienone is 7. The fraction of sp³-hybridized carbons (Fsp3) is 0.500. The molecule has 0 aliphatic carbocycles. The molecular weight excluding hydrogens is 248 g/mol. The molecule has 2 heteroatoms. The van der Waals surface area contributed by atoms with Crippen molar-refractivity contribution in [3.63, 3.8) is 0 Å². The number of hydrogen-bond donors (Lipinski definition) is 1. The van der Waals surface area contributed by atoms with Crippen molar-refractivity contribution in [3.05, 3.63) is 48.6 Å². The van der Waals surface area contributed by atoms with E-state index >= 15 is 0 Å². The molecule has 0 unspecified atom stereocenters. The molecule has 0 aromatic heterocycles. The molecule has 2 nitrogen and oxygen atoms in total. The fourth-order valence-corrected chi connectivity index (χ4v) is 1.79. The van der Waals surface area contributed by atoms with Gasteiger partial charge >= 0.3 is 5.97 Å². The van der Waals surface area contributed by atoms with E-state index in [1.807, 2.05) is 24.3 Å². The topological polar surface area (TPSA) is 37.3 Å². The van der Waals surface area contributed by atoms with Gasteiger partial charge in [-0.25, -0.2) is 4.79 Å². The Labute approximate surface area is 123 Å². The van der Waals surface area contributed by atoms with Crippen LogP contribution in [0.4, 0.5) is 0 Å². The molecule has 1 N–H and O–H groups in total. The summed E-state index contributed by atoms with van der Waals surface area (Å²) in [7, 11) is 0. The van der Waals surface area contributed by atoms with E-state index < -0.39 is 5.97 Å². The van der Waals surface area contributed by atoms with Crippen LogP contribution >= 0.6 is 0 Å². The van der Waals surface area contributed by atoms with Crippen LogP contribution in [0.5, 0.6) is 0 Å². The monoisotopic (exact) mass is 276 g/mol. The second kappa shape index (κ2) is 15.5. The average Bonchev–Trinajstić information content (AvgIpc) is 2.43. The summed E-state index contributed by atoms with van der Waals surface area (Å²) >= 11 is 0. The smallest absolute Gasteiger partial charge is 0.328 e. The first-order chi connectivity index (χ1) is 9.77. The maximum Gasteiger partial charge on any atom is 0.328 e. The van der Waals surface area contributed by atoms with Gasteiger partial charge in [0.1, 0.15) is 0 Å². The van der Waals surface area contributed by atoms with E-state index in [2.05, 4.69) is 13.0 Å². The van der Waals surface area contributed by atoms with Crippen molar-refractivity contribution in [2.45, 2.75) is 58.3 Å². The second-order valence-corrected chi connectivity index (χ2v) is 4.81. The molecule has 0 radical (unpaired) electrons. The van der Waals surface area contributed by atoms with Crippen LogP contribution in [0.1, 0.15) is 58.3 Å². The molecule has 0 aliphatic heterocycles. The highest BCUT2D eigenvalue weighted by atomic mass is 16.4. The van der Waals surface area contributed by atoms with Crippen molar-refractivity contribution in [2.24, 2.45) is 0 Å². The highest BCUT2D eigenvalue weighted by Crippen LogP contribution is 2.08. The Hall–Kier alpha value is -1.57. The normalized spacial score (nSPS) is 12.4. The van der Waals surface area contributed by atoms with E-state index in [1.54, 1.807) is 6.08 Å². The molecular formula is C18H28O2. The third kappa shape index (κ3) is 16.4. The van der Waals surface area contributed by atoms with Gasteiger partial charge in [-0.2, -0.15) is 0 Å². The molecule has 0 amide bonds. The molecule has 0 aromatic carbocycles. The lowest BCUT2D eigenvalue weighted by atomic mass is 10.1. The number of hydrogen-bond acceptors (Lipinski definition) is 1. The van der Waals surface area contributed by atoms with Gasteiger partial charge in [0.15, 0.2) is 0 Å². The molecule has 0 spiro atoms. The molecule has 112 valence electrons. The molecule has 0 saturated heterocycles. The number of carboxylic acid groups (broad SMARTS) is 1. The Kier molecular flexibility index (Phi) is 14.3. The lowest BCUT2D eigenvalue weighted by molar-refractivity contribution is -0.131. The summed E-state index contributed by atoms with van der Waals surface area (Å²) in [6, 6.07) is 0. The summed E-state index contributed by atoms with van der Waals surface area (Å²) in [5.41, 5.74) is 0. The first-order valence-corrected chi connectivity index (χ1v) is 7.67. The number of rotatable bonds is 12. The highest BCUT2D eigenvalue weighted by molar-refractivity contribution is 5.80. The summed E-state index contributed by atoms with van der Waals surface area (Å²) in [4.78, 5) is 10.2. The summed E-state index contributed by atoms with van der Waals surface area (Å²) in [5, 5.41) is 8.37. The van der Waals surface area contributed by atoms with E-state index in [1.165, 1.54) is 51.0 Å². The Balaban J connectivity index is 3.41. The zero-order valence-electron chi connectivity index (χ0n) is 12.6. The van der Waals surface area contributed by atoms with Crippen LogP contribution in [0.15, 0.2) is 48.6 Å². The second-order valence-electron chi connectivity index (χ2n) is 4.81. The third-order valence-electron chi connectivity index (χ3n) is 2.90. The van der Waals surface area contributed by atoms with Gasteiger partial charge in [-0.15, -0.1) is 0 Å². The molecule has 0 bridgehead atoms. The number of aliphatic carboxylic acids is 1. The molecule has 20 heavy (non-hydrogen) atoms. The predicted molar refractivity (Wildman–Crippen MR) is 86.8 cm³/mol. The SMILES string of the molecule is CCCCCCCCCC=CC=CC=C/C=C/C(=O)O. The van der Waals surface area contributed by atoms with Crippen molar-refractivity contribution >= 4 is 5.97 Å². The summed E-state index contributed by atoms with van der Waals surface area (Å²) in [6.07, 6.45) is 24.8. The van der Waals surface area contributed by atoms with Gasteiger partial charge in [0.05, 0.1) is 0 Å². The maximum absolute atomic E-state index is 10.2. The van der Waals surface area contributed by atoms with Crippen molar-refractivity contribution in [1.29, 1.82) is 0 Å². The van der Waals surface area contributed by atoms with Crippen molar-refractivity contribution < 1.29 is 9.90 Å². The van der Waals surface area contributed by atoms with Crippen LogP contribution in [0.2, 0.25) is 0 Å². The Morgan fingerprint density at radius 3 is 2.00 bits per heavy atom. The summed E-state index contributed by atoms with van der Waals surface area (Å²) in [6.45, 7) is 2.25. The largest absolute Gasteiger partial charge is 0.478 e. The Morgan fingerprint density at radius 1 is 0.800 bits per heavy atom. The van der Waals surface area contributed by atoms with Gasteiger partial charge in [-0.05, 0) is 12.8 Å². The Morgan fingerprint density at radius 2 is 1.35 bits per heavy atom. The van der Waals surface area contributed by atoms with E-state index in [-0.39, 0.29) is 0 Å². The minimum atomic E-state index is -0.923. The summed E-state index contributed by atoms with van der Waals surface area (Å²) < 4.78 is 0. The van der Waals surface area contributed by atoms with Crippen molar-refractivity contribution in [1.82, 2.24) is 0 Å². The van der Waals surface area contributed by atoms with E-state index in [0.29, 0.717) is 0 Å². The predicted octanol–water partition coefficient (Wildman–Crippen LogP) is 5.44. The van der Waals surface area contributed by atoms with E-state index in [0.717, 1.165) is 12.5 Å². The van der Waals surface area contributed by atoms with Crippen molar-refractivity contribution in [2.75, 3.05) is 0 Å². The van der Waals surface area contributed by atoms with E-state index in [4.69, 9.17) is 5.11 Å². The molecule has 0 atom stereocenters. The van der Waals surface area contributed by atoms with Crippen LogP contribution in [0.25, 0.3) is 0 Å². The minimum absolute atomic E-state index is 0.923. The first kappa shape index (κ1) is 18.4. The molecule has 0 saturated carbocycles. The van der Waals surface area contributed by atoms with Gasteiger partial charge in [-0.1, -0.05) is 88.0 Å². The zero-order valence-corrected chi connectivity index (χ0v) is 12.6. The lowest BCUT2D eigenvalue weighted by Gasteiger charge is -1.98. The number of unbranched alkanes of at least 4 members (excludes halogenated alkanes) is 7. The number of carboxylic acids is 1. The molecule has 0 aromatic rings. The van der Waals surface area contributed by atoms with Gasteiger partial charge in [0.25, 0.3) is 0 Å². The van der Waals surface area contributed by atoms with Gasteiger partial charge < -0.3 is 5.11 Å². The van der Waals surface area contributed by atoms with Crippen molar-refractivity contribution in [3.8, 4) is 0 Å². The van der Waals surface area contributed by atoms with Crippen LogP contribution in [0, 0.1) is 0 Å². The molecule has 0 aliphatic rings. The Bertz CT molecular complexity index is 335. The van der Waals surface area contributed by atoms with Crippen LogP contribution in [-0.2, 0) is 4.79 Å². The highest BCUT2D eigenvalue weighted by Gasteiger charge is 1.88. The zero-order chi connectivity index (χ0) is 14.9. The molecule has 0 rings (SSSR count). The standard InChI is InChI=1S/C18H28O2/c1-2-3-4-5-6-7-8-9-10-11-12-13-14-15-16-17-18(19)20/h10-17H,2-9H2,1H3,(H,19,20)/b11-10?,13-12?,15-14?,17-16+. The van der Waals surface area contributed by atoms with Crippen LogP contribution in [0.3, 0.4) is 0 Å². The average molecular weight is 276 g/mol. The molecule has 0 fully saturated rings. The van der Waals surface area contributed by atoms with Gasteiger partial charge in [-0.3, -0.25) is 0 Å². The first-order valence-electron chi connectivity index (χ1n) is 7.67. The quantitative estimate of drug-likeness (QED) is 0.293.